The van der Waals surface area contributed by atoms with Crippen molar-refractivity contribution in [2.24, 2.45) is 5.92 Å². The summed E-state index contributed by atoms with van der Waals surface area (Å²) in [6, 6.07) is 4.91. The highest BCUT2D eigenvalue weighted by Crippen LogP contribution is 2.40. The summed E-state index contributed by atoms with van der Waals surface area (Å²) < 4.78 is 37.8. The number of nitrogens with one attached hydrogen (secondary N) is 1. The minimum Gasteiger partial charge on any atom is -0.384 e. The van der Waals surface area contributed by atoms with Crippen molar-refractivity contribution >= 4 is 15.7 Å². The largest absolute Gasteiger partial charge is 0.384 e. The second-order valence-electron chi connectivity index (χ2n) is 5.72. The first-order valence-electron chi connectivity index (χ1n) is 6.93. The van der Waals surface area contributed by atoms with Crippen LogP contribution in [0.2, 0.25) is 0 Å². The maximum absolute atomic E-state index is 13.2. The molecule has 1 aromatic rings. The number of nitrogens with zero attached hydrogens (tertiary/aromatic N) is 1. The average molecular weight is 298 g/mol. The molecule has 1 unspecified atom stereocenters. The molecule has 0 amide bonds. The third-order valence-corrected chi connectivity index (χ3v) is 5.77. The van der Waals surface area contributed by atoms with Crippen molar-refractivity contribution in [1.29, 1.82) is 0 Å². The van der Waals surface area contributed by atoms with Gasteiger partial charge < -0.3 is 5.32 Å². The molecule has 20 heavy (non-hydrogen) atoms. The lowest BCUT2D eigenvalue weighted by Gasteiger charge is -2.33. The third-order valence-electron chi connectivity index (χ3n) is 4.46. The molecule has 2 heterocycles. The van der Waals surface area contributed by atoms with E-state index in [-0.39, 0.29) is 5.82 Å². The Labute approximate surface area is 119 Å². The molecule has 2 aliphatic heterocycles. The van der Waals surface area contributed by atoms with Gasteiger partial charge >= 0.3 is 0 Å². The van der Waals surface area contributed by atoms with Gasteiger partial charge in [0, 0.05) is 31.2 Å². The highest BCUT2D eigenvalue weighted by Gasteiger charge is 2.34. The van der Waals surface area contributed by atoms with Crippen LogP contribution in [0.5, 0.6) is 0 Å². The number of fused-ring (bicyclic) bond motifs is 1. The molecule has 1 saturated heterocycles. The van der Waals surface area contributed by atoms with Crippen LogP contribution in [0.4, 0.5) is 10.1 Å². The second kappa shape index (κ2) is 5.00. The molecule has 6 heteroatoms. The van der Waals surface area contributed by atoms with E-state index in [1.54, 1.807) is 10.4 Å². The molecule has 0 radical (unpaired) electrons. The molecule has 0 spiro atoms. The molecule has 0 bridgehead atoms. The number of piperidine rings is 1. The van der Waals surface area contributed by atoms with E-state index in [0.717, 1.165) is 25.1 Å². The Bertz CT molecular complexity index is 610. The molecule has 1 aromatic carbocycles. The molecule has 0 saturated carbocycles. The highest BCUT2D eigenvalue weighted by atomic mass is 32.2. The van der Waals surface area contributed by atoms with Crippen LogP contribution in [-0.2, 0) is 10.0 Å². The zero-order chi connectivity index (χ0) is 14.3. The normalized spacial score (nSPS) is 24.4. The number of benzene rings is 1. The fraction of sp³-hybridized carbons (Fsp3) is 0.571. The van der Waals surface area contributed by atoms with Gasteiger partial charge in [-0.25, -0.2) is 17.1 Å². The van der Waals surface area contributed by atoms with Gasteiger partial charge in [0.25, 0.3) is 0 Å². The van der Waals surface area contributed by atoms with Gasteiger partial charge in [-0.3, -0.25) is 0 Å². The summed E-state index contributed by atoms with van der Waals surface area (Å²) in [7, 11) is -3.07. The SMILES string of the molecule is CS(=O)(=O)N1CCC(C2CNc3cc(F)ccc32)CC1. The first-order valence-corrected chi connectivity index (χ1v) is 8.78. The quantitative estimate of drug-likeness (QED) is 0.908. The molecule has 0 aromatic heterocycles. The second-order valence-corrected chi connectivity index (χ2v) is 7.70. The Morgan fingerprint density at radius 1 is 1.30 bits per heavy atom. The van der Waals surface area contributed by atoms with Crippen LogP contribution in [0, 0.1) is 11.7 Å². The fourth-order valence-corrected chi connectivity index (χ4v) is 4.24. The van der Waals surface area contributed by atoms with Crippen molar-refractivity contribution in [3.8, 4) is 0 Å². The monoisotopic (exact) mass is 298 g/mol. The lowest BCUT2D eigenvalue weighted by Crippen LogP contribution is -2.39. The van der Waals surface area contributed by atoms with Crippen LogP contribution >= 0.6 is 0 Å². The van der Waals surface area contributed by atoms with E-state index in [1.165, 1.54) is 17.9 Å². The molecule has 3 rings (SSSR count). The van der Waals surface area contributed by atoms with Crippen LogP contribution in [0.15, 0.2) is 18.2 Å². The van der Waals surface area contributed by atoms with Crippen LogP contribution in [0.3, 0.4) is 0 Å². The Kier molecular flexibility index (Phi) is 3.46. The topological polar surface area (TPSA) is 49.4 Å². The van der Waals surface area contributed by atoms with Crippen molar-refractivity contribution in [2.75, 3.05) is 31.2 Å². The smallest absolute Gasteiger partial charge is 0.211 e. The summed E-state index contributed by atoms with van der Waals surface area (Å²) in [5.41, 5.74) is 2.06. The third kappa shape index (κ3) is 2.54. The Morgan fingerprint density at radius 3 is 2.65 bits per heavy atom. The van der Waals surface area contributed by atoms with Crippen LogP contribution < -0.4 is 5.32 Å². The fourth-order valence-electron chi connectivity index (χ4n) is 3.37. The van der Waals surface area contributed by atoms with Gasteiger partial charge in [-0.15, -0.1) is 0 Å². The lowest BCUT2D eigenvalue weighted by atomic mass is 9.81. The van der Waals surface area contributed by atoms with E-state index in [1.807, 2.05) is 6.07 Å². The van der Waals surface area contributed by atoms with Crippen LogP contribution in [0.25, 0.3) is 0 Å². The predicted molar refractivity (Wildman–Crippen MR) is 76.8 cm³/mol. The minimum absolute atomic E-state index is 0.219. The summed E-state index contributed by atoms with van der Waals surface area (Å²) in [6.07, 6.45) is 3.01. The first kappa shape index (κ1) is 13.8. The Balaban J connectivity index is 1.72. The molecule has 1 atom stereocenters. The number of sulfonamides is 1. The number of rotatable bonds is 2. The molecule has 1 fully saturated rings. The summed E-state index contributed by atoms with van der Waals surface area (Å²) in [5.74, 6) is 0.614. The zero-order valence-electron chi connectivity index (χ0n) is 11.5. The number of hydrogen-bond donors (Lipinski definition) is 1. The van der Waals surface area contributed by atoms with Crippen molar-refractivity contribution in [2.45, 2.75) is 18.8 Å². The molecular weight excluding hydrogens is 279 g/mol. The molecule has 2 aliphatic rings. The number of anilines is 1. The van der Waals surface area contributed by atoms with Gasteiger partial charge in [0.1, 0.15) is 5.82 Å². The predicted octanol–water partition coefficient (Wildman–Crippen LogP) is 2.01. The average Bonchev–Trinajstić information content (AvgIpc) is 2.80. The highest BCUT2D eigenvalue weighted by molar-refractivity contribution is 7.88. The summed E-state index contributed by atoms with van der Waals surface area (Å²) in [5, 5.41) is 3.26. The van der Waals surface area contributed by atoms with Crippen LogP contribution in [-0.4, -0.2) is 38.6 Å². The molecular formula is C14H19FN2O2S. The summed E-state index contributed by atoms with van der Waals surface area (Å²) >= 11 is 0. The lowest BCUT2D eigenvalue weighted by molar-refractivity contribution is 0.251. The summed E-state index contributed by atoms with van der Waals surface area (Å²) in [6.45, 7) is 2.01. The van der Waals surface area contributed by atoms with E-state index in [2.05, 4.69) is 5.32 Å². The standard InChI is InChI=1S/C14H19FN2O2S/c1-20(18,19)17-6-4-10(5-7-17)13-9-16-14-8-11(15)2-3-12(13)14/h2-3,8,10,13,16H,4-7,9H2,1H3. The van der Waals surface area contributed by atoms with Crippen molar-refractivity contribution in [3.05, 3.63) is 29.6 Å². The van der Waals surface area contributed by atoms with Crippen LogP contribution in [0.1, 0.15) is 24.3 Å². The van der Waals surface area contributed by atoms with Gasteiger partial charge in [0.2, 0.25) is 10.0 Å². The minimum atomic E-state index is -3.07. The van der Waals surface area contributed by atoms with E-state index >= 15 is 0 Å². The maximum Gasteiger partial charge on any atom is 0.211 e. The van der Waals surface area contributed by atoms with Gasteiger partial charge in [0.15, 0.2) is 0 Å². The van der Waals surface area contributed by atoms with E-state index < -0.39 is 10.0 Å². The van der Waals surface area contributed by atoms with Crippen molar-refractivity contribution < 1.29 is 12.8 Å². The Hall–Kier alpha value is -1.14. The molecule has 1 N–H and O–H groups in total. The van der Waals surface area contributed by atoms with Gasteiger partial charge in [0.05, 0.1) is 6.26 Å². The first-order chi connectivity index (χ1) is 9.45. The van der Waals surface area contributed by atoms with Gasteiger partial charge in [-0.1, -0.05) is 6.07 Å². The number of hydrogen-bond acceptors (Lipinski definition) is 3. The van der Waals surface area contributed by atoms with Crippen molar-refractivity contribution in [3.63, 3.8) is 0 Å². The van der Waals surface area contributed by atoms with Crippen molar-refractivity contribution in [1.82, 2.24) is 4.31 Å². The maximum atomic E-state index is 13.2. The van der Waals surface area contributed by atoms with E-state index in [4.69, 9.17) is 0 Å². The van der Waals surface area contributed by atoms with Gasteiger partial charge in [-0.05, 0) is 36.5 Å². The van der Waals surface area contributed by atoms with E-state index in [9.17, 15) is 12.8 Å². The molecule has 4 nitrogen and oxygen atoms in total. The summed E-state index contributed by atoms with van der Waals surface area (Å²) in [4.78, 5) is 0. The zero-order valence-corrected chi connectivity index (χ0v) is 12.3. The molecule has 110 valence electrons. The Morgan fingerprint density at radius 2 is 2.00 bits per heavy atom. The van der Waals surface area contributed by atoms with E-state index in [0.29, 0.717) is 24.9 Å². The number of halogens is 1. The van der Waals surface area contributed by atoms with Gasteiger partial charge in [-0.2, -0.15) is 0 Å². The molecule has 0 aliphatic carbocycles.